The van der Waals surface area contributed by atoms with Gasteiger partial charge in [-0.3, -0.25) is 10.1 Å². The number of rotatable bonds is 5. The van der Waals surface area contributed by atoms with E-state index in [0.29, 0.717) is 18.3 Å². The van der Waals surface area contributed by atoms with Gasteiger partial charge in [-0.15, -0.1) is 16.9 Å². The summed E-state index contributed by atoms with van der Waals surface area (Å²) < 4.78 is 10.9. The van der Waals surface area contributed by atoms with Gasteiger partial charge in [0.05, 0.1) is 5.75 Å². The first kappa shape index (κ1) is 16.0. The summed E-state index contributed by atoms with van der Waals surface area (Å²) >= 11 is 1.48. The summed E-state index contributed by atoms with van der Waals surface area (Å²) in [5, 5.41) is 10.4. The first-order chi connectivity index (χ1) is 11.1. The molecule has 1 aliphatic heterocycles. The van der Waals surface area contributed by atoms with Gasteiger partial charge in [-0.1, -0.05) is 11.2 Å². The van der Waals surface area contributed by atoms with E-state index in [9.17, 15) is 4.79 Å². The number of carbonyl (C=O) groups excluding carboxylic acids is 1. The van der Waals surface area contributed by atoms with E-state index in [0.717, 1.165) is 17.7 Å². The normalized spacial score (nSPS) is 17.4. The Hall–Kier alpha value is -1.86. The van der Waals surface area contributed by atoms with Crippen LogP contribution in [0.25, 0.3) is 0 Å². The Kier molecular flexibility index (Phi) is 4.97. The molecule has 0 bridgehead atoms. The van der Waals surface area contributed by atoms with Gasteiger partial charge in [0.25, 0.3) is 0 Å². The van der Waals surface area contributed by atoms with E-state index < -0.39 is 0 Å². The highest BCUT2D eigenvalue weighted by Gasteiger charge is 2.24. The summed E-state index contributed by atoms with van der Waals surface area (Å²) in [5.41, 5.74) is 2.46. The summed E-state index contributed by atoms with van der Waals surface area (Å²) in [7, 11) is 0. The molecule has 1 atom stereocenters. The van der Waals surface area contributed by atoms with Crippen LogP contribution >= 0.6 is 11.8 Å². The number of hydrogen-bond donors (Lipinski definition) is 1. The van der Waals surface area contributed by atoms with Gasteiger partial charge >= 0.3 is 6.01 Å². The summed E-state index contributed by atoms with van der Waals surface area (Å²) in [6.07, 6.45) is 1.72. The van der Waals surface area contributed by atoms with Crippen molar-refractivity contribution in [2.45, 2.75) is 37.7 Å². The maximum absolute atomic E-state index is 12.0. The standard InChI is InChI=1S/C16H19N3O3S/c1-10-5-6-12(8-11(10)2)23-9-14(20)17-16-19-18-15(22-16)13-4-3-7-21-13/h5-6,8,13H,3-4,7,9H2,1-2H3,(H,17,19,20). The molecule has 3 rings (SSSR count). The first-order valence-corrected chi connectivity index (χ1v) is 8.55. The summed E-state index contributed by atoms with van der Waals surface area (Å²) in [4.78, 5) is 13.0. The Morgan fingerprint density at radius 2 is 2.22 bits per heavy atom. The van der Waals surface area contributed by atoms with Crippen LogP contribution in [0.15, 0.2) is 27.5 Å². The van der Waals surface area contributed by atoms with E-state index in [4.69, 9.17) is 9.15 Å². The molecule has 0 saturated carbocycles. The third-order valence-corrected chi connectivity index (χ3v) is 4.73. The smallest absolute Gasteiger partial charge is 0.322 e. The Labute approximate surface area is 139 Å². The topological polar surface area (TPSA) is 77.2 Å². The number of aryl methyl sites for hydroxylation is 2. The minimum Gasteiger partial charge on any atom is -0.405 e. The molecule has 0 aliphatic carbocycles. The van der Waals surface area contributed by atoms with E-state index in [2.05, 4.69) is 41.5 Å². The van der Waals surface area contributed by atoms with Gasteiger partial charge in [-0.2, -0.15) is 0 Å². The van der Waals surface area contributed by atoms with Crippen molar-refractivity contribution in [3.63, 3.8) is 0 Å². The number of aromatic nitrogens is 2. The Bertz CT molecular complexity index is 696. The molecule has 2 aromatic rings. The highest BCUT2D eigenvalue weighted by Crippen LogP contribution is 2.28. The van der Waals surface area contributed by atoms with E-state index >= 15 is 0 Å². The lowest BCUT2D eigenvalue weighted by molar-refractivity contribution is -0.113. The fourth-order valence-electron chi connectivity index (χ4n) is 2.30. The Morgan fingerprint density at radius 1 is 1.35 bits per heavy atom. The van der Waals surface area contributed by atoms with Crippen molar-refractivity contribution in [1.82, 2.24) is 10.2 Å². The number of nitrogens with one attached hydrogen (secondary N) is 1. The first-order valence-electron chi connectivity index (χ1n) is 7.57. The minimum atomic E-state index is -0.171. The van der Waals surface area contributed by atoms with Crippen LogP contribution < -0.4 is 5.32 Å². The largest absolute Gasteiger partial charge is 0.405 e. The number of benzene rings is 1. The van der Waals surface area contributed by atoms with Crippen LogP contribution in [0.2, 0.25) is 0 Å². The second-order valence-corrected chi connectivity index (χ2v) is 6.58. The van der Waals surface area contributed by atoms with E-state index in [1.807, 2.05) is 6.07 Å². The van der Waals surface area contributed by atoms with Gasteiger partial charge in [0.15, 0.2) is 0 Å². The molecular formula is C16H19N3O3S. The molecule has 0 radical (unpaired) electrons. The number of anilines is 1. The molecule has 0 spiro atoms. The van der Waals surface area contributed by atoms with Gasteiger partial charge in [-0.25, -0.2) is 0 Å². The minimum absolute atomic E-state index is 0.126. The van der Waals surface area contributed by atoms with Crippen molar-refractivity contribution in [2.24, 2.45) is 0 Å². The van der Waals surface area contributed by atoms with E-state index in [1.165, 1.54) is 22.9 Å². The number of carbonyl (C=O) groups is 1. The van der Waals surface area contributed by atoms with E-state index in [1.54, 1.807) is 0 Å². The lowest BCUT2D eigenvalue weighted by Gasteiger charge is -2.05. The molecule has 1 aromatic carbocycles. The second kappa shape index (κ2) is 7.14. The van der Waals surface area contributed by atoms with Crippen molar-refractivity contribution in [2.75, 3.05) is 17.7 Å². The molecule has 2 heterocycles. The van der Waals surface area contributed by atoms with Crippen molar-refractivity contribution >= 4 is 23.7 Å². The predicted molar refractivity (Wildman–Crippen MR) is 87.5 cm³/mol. The third-order valence-electron chi connectivity index (χ3n) is 3.74. The third kappa shape index (κ3) is 4.11. The van der Waals surface area contributed by atoms with Gasteiger partial charge < -0.3 is 9.15 Å². The maximum Gasteiger partial charge on any atom is 0.322 e. The van der Waals surface area contributed by atoms with Crippen LogP contribution in [0, 0.1) is 13.8 Å². The molecule has 1 N–H and O–H groups in total. The van der Waals surface area contributed by atoms with Crippen molar-refractivity contribution < 1.29 is 13.9 Å². The number of amides is 1. The zero-order valence-corrected chi connectivity index (χ0v) is 14.0. The highest BCUT2D eigenvalue weighted by molar-refractivity contribution is 8.00. The molecule has 1 saturated heterocycles. The second-order valence-electron chi connectivity index (χ2n) is 5.53. The van der Waals surface area contributed by atoms with Crippen LogP contribution in [-0.4, -0.2) is 28.5 Å². The number of thioether (sulfide) groups is 1. The Balaban J connectivity index is 1.51. The van der Waals surface area contributed by atoms with Crippen molar-refractivity contribution in [3.8, 4) is 0 Å². The van der Waals surface area contributed by atoms with Gasteiger partial charge in [0.2, 0.25) is 11.8 Å². The summed E-state index contributed by atoms with van der Waals surface area (Å²) in [6, 6.07) is 6.28. The van der Waals surface area contributed by atoms with Crippen molar-refractivity contribution in [3.05, 3.63) is 35.2 Å². The van der Waals surface area contributed by atoms with Gasteiger partial charge in [0.1, 0.15) is 6.10 Å². The summed E-state index contributed by atoms with van der Waals surface area (Å²) in [6.45, 7) is 4.84. The quantitative estimate of drug-likeness (QED) is 0.846. The van der Waals surface area contributed by atoms with Crippen molar-refractivity contribution in [1.29, 1.82) is 0 Å². The fraction of sp³-hybridized carbons (Fsp3) is 0.438. The molecule has 1 aliphatic rings. The zero-order chi connectivity index (χ0) is 16.2. The van der Waals surface area contributed by atoms with Crippen LogP contribution in [0.4, 0.5) is 6.01 Å². The molecule has 1 aromatic heterocycles. The Morgan fingerprint density at radius 3 is 2.96 bits per heavy atom. The molecule has 122 valence electrons. The predicted octanol–water partition coefficient (Wildman–Crippen LogP) is 3.27. The molecule has 1 amide bonds. The molecule has 23 heavy (non-hydrogen) atoms. The zero-order valence-electron chi connectivity index (χ0n) is 13.2. The monoisotopic (exact) mass is 333 g/mol. The summed E-state index contributed by atoms with van der Waals surface area (Å²) in [5.74, 6) is 0.551. The highest BCUT2D eigenvalue weighted by atomic mass is 32.2. The molecule has 7 heteroatoms. The SMILES string of the molecule is Cc1ccc(SCC(=O)Nc2nnc(C3CCCO3)o2)cc1C. The van der Waals surface area contributed by atoms with Crippen LogP contribution in [0.1, 0.15) is 36.0 Å². The number of nitrogens with zero attached hydrogens (tertiary/aromatic N) is 2. The average Bonchev–Trinajstić information content (AvgIpc) is 3.19. The maximum atomic E-state index is 12.0. The van der Waals surface area contributed by atoms with Crippen LogP contribution in [-0.2, 0) is 9.53 Å². The molecular weight excluding hydrogens is 314 g/mol. The molecule has 1 fully saturated rings. The fourth-order valence-corrected chi connectivity index (χ4v) is 3.09. The molecule has 1 unspecified atom stereocenters. The van der Waals surface area contributed by atoms with Gasteiger partial charge in [-0.05, 0) is 49.9 Å². The number of hydrogen-bond acceptors (Lipinski definition) is 6. The van der Waals surface area contributed by atoms with Crippen LogP contribution in [0.5, 0.6) is 0 Å². The van der Waals surface area contributed by atoms with E-state index in [-0.39, 0.29) is 18.0 Å². The lowest BCUT2D eigenvalue weighted by Crippen LogP contribution is -2.14. The lowest BCUT2D eigenvalue weighted by atomic mass is 10.1. The molecule has 6 nitrogen and oxygen atoms in total. The average molecular weight is 333 g/mol. The van der Waals surface area contributed by atoms with Crippen LogP contribution in [0.3, 0.4) is 0 Å². The number of ether oxygens (including phenoxy) is 1. The van der Waals surface area contributed by atoms with Gasteiger partial charge in [0, 0.05) is 11.5 Å².